The summed E-state index contributed by atoms with van der Waals surface area (Å²) in [6.07, 6.45) is 1.58. The Morgan fingerprint density at radius 2 is 1.85 bits per heavy atom. The number of carbonyl (C=O) groups is 2. The molecule has 2 aromatic rings. The van der Waals surface area contributed by atoms with Crippen LogP contribution in [-0.2, 0) is 14.3 Å². The Morgan fingerprint density at radius 3 is 2.54 bits per heavy atom. The van der Waals surface area contributed by atoms with Crippen LogP contribution >= 0.6 is 12.2 Å². The summed E-state index contributed by atoms with van der Waals surface area (Å²) < 4.78 is 10.4. The summed E-state index contributed by atoms with van der Waals surface area (Å²) in [6, 6.07) is 11.3. The molecule has 0 aliphatic carbocycles. The molecule has 1 aliphatic rings. The van der Waals surface area contributed by atoms with Crippen molar-refractivity contribution >= 4 is 46.0 Å². The van der Waals surface area contributed by atoms with E-state index in [1.54, 1.807) is 13.2 Å². The fourth-order valence-corrected chi connectivity index (χ4v) is 3.10. The molecule has 1 N–H and O–H groups in total. The Labute approximate surface area is 156 Å². The summed E-state index contributed by atoms with van der Waals surface area (Å²) in [5.74, 6) is -0.214. The van der Waals surface area contributed by atoms with Gasteiger partial charge in [-0.05, 0) is 35.3 Å². The Morgan fingerprint density at radius 1 is 1.12 bits per heavy atom. The highest BCUT2D eigenvalue weighted by Gasteiger charge is 2.33. The fraction of sp³-hybridized carbons (Fsp3) is 0.211. The minimum atomic E-state index is -0.506. The topological polar surface area (TPSA) is 67.9 Å². The van der Waals surface area contributed by atoms with Crippen LogP contribution in [0.5, 0.6) is 5.75 Å². The molecule has 6 nitrogen and oxygen atoms in total. The van der Waals surface area contributed by atoms with Crippen molar-refractivity contribution in [1.82, 2.24) is 10.2 Å². The quantitative estimate of drug-likeness (QED) is 0.496. The van der Waals surface area contributed by atoms with E-state index in [9.17, 15) is 9.59 Å². The van der Waals surface area contributed by atoms with Gasteiger partial charge in [-0.1, -0.05) is 30.3 Å². The van der Waals surface area contributed by atoms with Gasteiger partial charge >= 0.3 is 0 Å². The van der Waals surface area contributed by atoms with Crippen LogP contribution in [0.3, 0.4) is 0 Å². The SMILES string of the molecule is COCCN1C(=O)/C(=C\c2ccc(OC)c3ccccc23)C(=O)NC1=S. The van der Waals surface area contributed by atoms with E-state index in [4.69, 9.17) is 21.7 Å². The molecule has 0 spiro atoms. The molecule has 0 radical (unpaired) electrons. The van der Waals surface area contributed by atoms with Gasteiger partial charge in [-0.25, -0.2) is 0 Å². The summed E-state index contributed by atoms with van der Waals surface area (Å²) in [4.78, 5) is 26.4. The summed E-state index contributed by atoms with van der Waals surface area (Å²) in [5, 5.41) is 4.44. The molecule has 2 amide bonds. The molecule has 1 heterocycles. The summed E-state index contributed by atoms with van der Waals surface area (Å²) >= 11 is 5.10. The number of ether oxygens (including phenoxy) is 2. The minimum Gasteiger partial charge on any atom is -0.496 e. The van der Waals surface area contributed by atoms with Crippen LogP contribution in [0.1, 0.15) is 5.56 Å². The van der Waals surface area contributed by atoms with Gasteiger partial charge in [0.15, 0.2) is 5.11 Å². The first-order valence-corrected chi connectivity index (χ1v) is 8.41. The second-order valence-electron chi connectivity index (χ2n) is 5.67. The van der Waals surface area contributed by atoms with Crippen molar-refractivity contribution in [1.29, 1.82) is 0 Å². The standard InChI is InChI=1S/C19H18N2O4S/c1-24-10-9-21-18(23)15(17(22)20-19(21)26)11-12-7-8-16(25-2)14-6-4-3-5-13(12)14/h3-8,11H,9-10H2,1-2H3,(H,20,22,26)/b15-11-. The number of nitrogens with one attached hydrogen (secondary N) is 1. The zero-order chi connectivity index (χ0) is 18.7. The van der Waals surface area contributed by atoms with Crippen LogP contribution in [0, 0.1) is 0 Å². The molecule has 1 saturated heterocycles. The van der Waals surface area contributed by atoms with Crippen molar-refractivity contribution in [3.63, 3.8) is 0 Å². The number of hydrogen-bond donors (Lipinski definition) is 1. The van der Waals surface area contributed by atoms with Gasteiger partial charge in [0.2, 0.25) is 0 Å². The van der Waals surface area contributed by atoms with Crippen molar-refractivity contribution in [3.05, 3.63) is 47.5 Å². The van der Waals surface area contributed by atoms with Gasteiger partial charge in [-0.15, -0.1) is 0 Å². The molecule has 1 aliphatic heterocycles. The Kier molecular flexibility index (Phi) is 5.29. The smallest absolute Gasteiger partial charge is 0.265 e. The number of fused-ring (bicyclic) bond motifs is 1. The lowest BCUT2D eigenvalue weighted by Crippen LogP contribution is -2.54. The monoisotopic (exact) mass is 370 g/mol. The summed E-state index contributed by atoms with van der Waals surface area (Å²) in [6.45, 7) is 0.593. The molecule has 0 atom stereocenters. The number of hydrogen-bond acceptors (Lipinski definition) is 5. The molecule has 7 heteroatoms. The number of thiocarbonyl (C=S) groups is 1. The van der Waals surface area contributed by atoms with Gasteiger partial charge in [0.25, 0.3) is 11.8 Å². The van der Waals surface area contributed by atoms with Crippen LogP contribution in [-0.4, -0.2) is 49.2 Å². The number of carbonyl (C=O) groups excluding carboxylic acids is 2. The van der Waals surface area contributed by atoms with Crippen LogP contribution in [0.25, 0.3) is 16.8 Å². The van der Waals surface area contributed by atoms with Crippen LogP contribution in [0.4, 0.5) is 0 Å². The van der Waals surface area contributed by atoms with Crippen molar-refractivity contribution in [2.24, 2.45) is 0 Å². The highest BCUT2D eigenvalue weighted by atomic mass is 32.1. The second kappa shape index (κ2) is 7.63. The number of rotatable bonds is 5. The zero-order valence-electron chi connectivity index (χ0n) is 14.4. The Balaban J connectivity index is 2.06. The van der Waals surface area contributed by atoms with E-state index in [1.165, 1.54) is 12.0 Å². The molecule has 2 aromatic carbocycles. The van der Waals surface area contributed by atoms with Gasteiger partial charge in [-0.2, -0.15) is 0 Å². The van der Waals surface area contributed by atoms with E-state index in [0.717, 1.165) is 22.1 Å². The fourth-order valence-electron chi connectivity index (χ4n) is 2.83. The molecule has 0 bridgehead atoms. The molecule has 0 saturated carbocycles. The van der Waals surface area contributed by atoms with Gasteiger partial charge in [0, 0.05) is 12.5 Å². The molecule has 0 aromatic heterocycles. The summed E-state index contributed by atoms with van der Waals surface area (Å²) in [5.41, 5.74) is 0.782. The van der Waals surface area contributed by atoms with E-state index >= 15 is 0 Å². The third-order valence-electron chi connectivity index (χ3n) is 4.14. The normalized spacial score (nSPS) is 16.3. The molecule has 134 valence electrons. The lowest BCUT2D eigenvalue weighted by atomic mass is 10.0. The number of amides is 2. The molecule has 26 heavy (non-hydrogen) atoms. The maximum atomic E-state index is 12.7. The average Bonchev–Trinajstić information content (AvgIpc) is 2.65. The molecular weight excluding hydrogens is 352 g/mol. The number of methoxy groups -OCH3 is 2. The average molecular weight is 370 g/mol. The first-order valence-electron chi connectivity index (χ1n) is 8.00. The van der Waals surface area contributed by atoms with E-state index in [0.29, 0.717) is 6.61 Å². The Bertz CT molecular complexity index is 923. The van der Waals surface area contributed by atoms with E-state index in [-0.39, 0.29) is 17.2 Å². The van der Waals surface area contributed by atoms with Gasteiger partial charge in [0.05, 0.1) is 20.3 Å². The molecule has 3 rings (SSSR count). The van der Waals surface area contributed by atoms with Gasteiger partial charge in [0.1, 0.15) is 11.3 Å². The van der Waals surface area contributed by atoms with E-state index in [2.05, 4.69) is 5.32 Å². The number of nitrogens with zero attached hydrogens (tertiary/aromatic N) is 1. The van der Waals surface area contributed by atoms with Gasteiger partial charge in [-0.3, -0.25) is 19.8 Å². The zero-order valence-corrected chi connectivity index (χ0v) is 15.3. The highest BCUT2D eigenvalue weighted by Crippen LogP contribution is 2.30. The van der Waals surface area contributed by atoms with E-state index < -0.39 is 11.8 Å². The van der Waals surface area contributed by atoms with Crippen LogP contribution < -0.4 is 10.1 Å². The molecule has 1 fully saturated rings. The first kappa shape index (κ1) is 18.0. The largest absolute Gasteiger partial charge is 0.496 e. The third-order valence-corrected chi connectivity index (χ3v) is 4.46. The van der Waals surface area contributed by atoms with Crippen molar-refractivity contribution in [2.45, 2.75) is 0 Å². The predicted octanol–water partition coefficient (Wildman–Crippen LogP) is 2.12. The lowest BCUT2D eigenvalue weighted by Gasteiger charge is -2.28. The van der Waals surface area contributed by atoms with E-state index in [1.807, 2.05) is 36.4 Å². The van der Waals surface area contributed by atoms with Crippen LogP contribution in [0.15, 0.2) is 42.0 Å². The highest BCUT2D eigenvalue weighted by molar-refractivity contribution is 7.80. The molecular formula is C19H18N2O4S. The first-order chi connectivity index (χ1) is 12.6. The van der Waals surface area contributed by atoms with Crippen molar-refractivity contribution in [3.8, 4) is 5.75 Å². The van der Waals surface area contributed by atoms with Crippen LogP contribution in [0.2, 0.25) is 0 Å². The molecule has 0 unspecified atom stereocenters. The maximum absolute atomic E-state index is 12.7. The second-order valence-corrected chi connectivity index (χ2v) is 6.06. The van der Waals surface area contributed by atoms with Crippen molar-refractivity contribution in [2.75, 3.05) is 27.4 Å². The van der Waals surface area contributed by atoms with Gasteiger partial charge < -0.3 is 9.47 Å². The van der Waals surface area contributed by atoms with Crippen molar-refractivity contribution < 1.29 is 19.1 Å². The minimum absolute atomic E-state index is 0.0324. The number of benzene rings is 2. The predicted molar refractivity (Wildman–Crippen MR) is 103 cm³/mol. The lowest BCUT2D eigenvalue weighted by molar-refractivity contribution is -0.129. The third kappa shape index (κ3) is 3.31. The Hall–Kier alpha value is -2.77. The summed E-state index contributed by atoms with van der Waals surface area (Å²) in [7, 11) is 3.14. The maximum Gasteiger partial charge on any atom is 0.265 e.